The van der Waals surface area contributed by atoms with E-state index >= 15 is 0 Å². The summed E-state index contributed by atoms with van der Waals surface area (Å²) in [5.41, 5.74) is 2.71. The van der Waals surface area contributed by atoms with Gasteiger partial charge in [-0.1, -0.05) is 39.0 Å². The molecule has 0 saturated carbocycles. The summed E-state index contributed by atoms with van der Waals surface area (Å²) in [6, 6.07) is 7.70. The molecule has 6 heteroatoms. The van der Waals surface area contributed by atoms with Crippen molar-refractivity contribution < 1.29 is 9.59 Å². The average molecular weight is 343 g/mol. The van der Waals surface area contributed by atoms with Crippen molar-refractivity contribution in [2.75, 3.05) is 11.4 Å². The molecule has 0 bridgehead atoms. The first-order valence-corrected chi connectivity index (χ1v) is 8.87. The highest BCUT2D eigenvalue weighted by atomic mass is 32.1. The van der Waals surface area contributed by atoms with Crippen molar-refractivity contribution in [3.8, 4) is 0 Å². The third kappa shape index (κ3) is 3.33. The number of para-hydroxylation sites is 1. The zero-order valence-corrected chi connectivity index (χ0v) is 14.9. The molecule has 0 aliphatic carbocycles. The average Bonchev–Trinajstić information content (AvgIpc) is 3.18. The first kappa shape index (κ1) is 16.6. The van der Waals surface area contributed by atoms with Crippen molar-refractivity contribution in [2.24, 2.45) is 0 Å². The van der Waals surface area contributed by atoms with Gasteiger partial charge in [-0.15, -0.1) is 11.3 Å². The Morgan fingerprint density at radius 2 is 2.04 bits per heavy atom. The standard InChI is InChI=1S/C18H21N3O2S/c1-18(2,3)17-20-13(11-24-17)10-19-15(22)16(23)21-9-8-12-6-4-5-7-14(12)21/h4-7,11H,8-10H2,1-3H3,(H,19,22). The number of fused-ring (bicyclic) bond motifs is 1. The molecule has 1 aromatic carbocycles. The molecule has 0 unspecified atom stereocenters. The molecule has 0 fully saturated rings. The number of hydrogen-bond donors (Lipinski definition) is 1. The molecule has 0 radical (unpaired) electrons. The summed E-state index contributed by atoms with van der Waals surface area (Å²) in [5, 5.41) is 5.63. The van der Waals surface area contributed by atoms with E-state index in [1.165, 1.54) is 0 Å². The number of nitrogens with one attached hydrogen (secondary N) is 1. The first-order valence-electron chi connectivity index (χ1n) is 7.99. The number of benzene rings is 1. The minimum Gasteiger partial charge on any atom is -0.342 e. The maximum atomic E-state index is 12.4. The molecule has 3 rings (SSSR count). The summed E-state index contributed by atoms with van der Waals surface area (Å²) < 4.78 is 0. The fourth-order valence-electron chi connectivity index (χ4n) is 2.65. The van der Waals surface area contributed by atoms with Gasteiger partial charge in [-0.2, -0.15) is 0 Å². The second-order valence-corrected chi connectivity index (χ2v) is 7.77. The molecule has 1 aliphatic heterocycles. The van der Waals surface area contributed by atoms with Gasteiger partial charge < -0.3 is 10.2 Å². The highest BCUT2D eigenvalue weighted by molar-refractivity contribution is 7.09. The summed E-state index contributed by atoms with van der Waals surface area (Å²) in [7, 11) is 0. The lowest BCUT2D eigenvalue weighted by Crippen LogP contribution is -2.42. The van der Waals surface area contributed by atoms with Crippen LogP contribution in [-0.2, 0) is 28.0 Å². The van der Waals surface area contributed by atoms with Crippen LogP contribution in [0.25, 0.3) is 0 Å². The predicted octanol–water partition coefficient (Wildman–Crippen LogP) is 2.65. The number of carbonyl (C=O) groups excluding carboxylic acids is 2. The van der Waals surface area contributed by atoms with E-state index in [2.05, 4.69) is 31.1 Å². The van der Waals surface area contributed by atoms with Gasteiger partial charge >= 0.3 is 11.8 Å². The SMILES string of the molecule is CC(C)(C)c1nc(CNC(=O)C(=O)N2CCc3ccccc32)cs1. The summed E-state index contributed by atoms with van der Waals surface area (Å²) in [6.45, 7) is 7.12. The van der Waals surface area contributed by atoms with Gasteiger partial charge in [0, 0.05) is 23.0 Å². The molecule has 2 amide bonds. The van der Waals surface area contributed by atoms with Crippen LogP contribution >= 0.6 is 11.3 Å². The third-order valence-electron chi connectivity index (χ3n) is 3.95. The number of nitrogens with zero attached hydrogens (tertiary/aromatic N) is 2. The summed E-state index contributed by atoms with van der Waals surface area (Å²) in [4.78, 5) is 30.7. The van der Waals surface area contributed by atoms with Crippen molar-refractivity contribution in [1.29, 1.82) is 0 Å². The van der Waals surface area contributed by atoms with Crippen LogP contribution in [-0.4, -0.2) is 23.3 Å². The molecule has 2 aromatic rings. The number of carbonyl (C=O) groups is 2. The van der Waals surface area contributed by atoms with Crippen LogP contribution in [0.4, 0.5) is 5.69 Å². The Bertz CT molecular complexity index is 777. The van der Waals surface area contributed by atoms with Crippen molar-refractivity contribution in [3.63, 3.8) is 0 Å². The molecule has 126 valence electrons. The van der Waals surface area contributed by atoms with Crippen LogP contribution in [0.5, 0.6) is 0 Å². The third-order valence-corrected chi connectivity index (χ3v) is 5.27. The van der Waals surface area contributed by atoms with Gasteiger partial charge in [0.05, 0.1) is 17.2 Å². The van der Waals surface area contributed by atoms with Gasteiger partial charge in [0.2, 0.25) is 0 Å². The van der Waals surface area contributed by atoms with Crippen molar-refractivity contribution in [3.05, 3.63) is 45.9 Å². The summed E-state index contributed by atoms with van der Waals surface area (Å²) in [5.74, 6) is -1.09. The molecule has 0 saturated heterocycles. The van der Waals surface area contributed by atoms with Gasteiger partial charge in [0.15, 0.2) is 0 Å². The number of anilines is 1. The van der Waals surface area contributed by atoms with Gasteiger partial charge in [0.25, 0.3) is 0 Å². The van der Waals surface area contributed by atoms with Gasteiger partial charge in [-0.05, 0) is 18.1 Å². The molecule has 2 heterocycles. The van der Waals surface area contributed by atoms with Gasteiger partial charge in [-0.25, -0.2) is 4.98 Å². The fourth-order valence-corrected chi connectivity index (χ4v) is 3.56. The van der Waals surface area contributed by atoms with Crippen LogP contribution in [0.2, 0.25) is 0 Å². The van der Waals surface area contributed by atoms with E-state index in [1.54, 1.807) is 16.2 Å². The molecule has 5 nitrogen and oxygen atoms in total. The van der Waals surface area contributed by atoms with Gasteiger partial charge in [-0.3, -0.25) is 9.59 Å². The lowest BCUT2D eigenvalue weighted by Gasteiger charge is -2.16. The lowest BCUT2D eigenvalue weighted by molar-refractivity contribution is -0.137. The molecular weight excluding hydrogens is 322 g/mol. The van der Waals surface area contributed by atoms with Crippen molar-refractivity contribution >= 4 is 28.8 Å². The second kappa shape index (κ2) is 6.36. The Balaban J connectivity index is 1.62. The second-order valence-electron chi connectivity index (χ2n) is 6.91. The molecule has 0 atom stereocenters. The quantitative estimate of drug-likeness (QED) is 0.853. The van der Waals surface area contributed by atoms with Gasteiger partial charge in [0.1, 0.15) is 0 Å². The Morgan fingerprint density at radius 3 is 2.75 bits per heavy atom. The molecule has 0 spiro atoms. The van der Waals surface area contributed by atoms with Crippen molar-refractivity contribution in [1.82, 2.24) is 10.3 Å². The Labute approximate surface area is 145 Å². The Hall–Kier alpha value is -2.21. The first-order chi connectivity index (χ1) is 11.4. The van der Waals surface area contributed by atoms with Crippen LogP contribution in [0.3, 0.4) is 0 Å². The van der Waals surface area contributed by atoms with E-state index in [-0.39, 0.29) is 12.0 Å². The van der Waals surface area contributed by atoms with E-state index in [1.807, 2.05) is 29.6 Å². The van der Waals surface area contributed by atoms with E-state index < -0.39 is 11.8 Å². The van der Waals surface area contributed by atoms with E-state index in [0.717, 1.165) is 28.4 Å². The predicted molar refractivity (Wildman–Crippen MR) is 95.2 cm³/mol. The monoisotopic (exact) mass is 343 g/mol. The number of hydrogen-bond acceptors (Lipinski definition) is 4. The largest absolute Gasteiger partial charge is 0.342 e. The van der Waals surface area contributed by atoms with Crippen molar-refractivity contribution in [2.45, 2.75) is 39.2 Å². The molecular formula is C18H21N3O2S. The summed E-state index contributed by atoms with van der Waals surface area (Å²) >= 11 is 1.57. The lowest BCUT2D eigenvalue weighted by atomic mass is 9.98. The van der Waals surface area contributed by atoms with E-state index in [0.29, 0.717) is 6.54 Å². The summed E-state index contributed by atoms with van der Waals surface area (Å²) in [6.07, 6.45) is 0.788. The minimum atomic E-state index is -0.586. The number of rotatable bonds is 2. The molecule has 1 aromatic heterocycles. The molecule has 24 heavy (non-hydrogen) atoms. The number of amides is 2. The fraction of sp³-hybridized carbons (Fsp3) is 0.389. The maximum absolute atomic E-state index is 12.4. The van der Waals surface area contributed by atoms with Crippen LogP contribution in [0.1, 0.15) is 37.0 Å². The molecule has 1 N–H and O–H groups in total. The highest BCUT2D eigenvalue weighted by Crippen LogP contribution is 2.27. The maximum Gasteiger partial charge on any atom is 0.316 e. The van der Waals surface area contributed by atoms with Crippen LogP contribution in [0.15, 0.2) is 29.6 Å². The van der Waals surface area contributed by atoms with Crippen LogP contribution < -0.4 is 10.2 Å². The molecule has 1 aliphatic rings. The normalized spacial score (nSPS) is 13.7. The highest BCUT2D eigenvalue weighted by Gasteiger charge is 2.28. The number of aromatic nitrogens is 1. The zero-order chi connectivity index (χ0) is 17.3. The van der Waals surface area contributed by atoms with Crippen LogP contribution in [0, 0.1) is 0 Å². The topological polar surface area (TPSA) is 62.3 Å². The number of thiazole rings is 1. The Morgan fingerprint density at radius 1 is 1.29 bits per heavy atom. The zero-order valence-electron chi connectivity index (χ0n) is 14.1. The van der Waals surface area contributed by atoms with E-state index in [4.69, 9.17) is 0 Å². The Kier molecular flexibility index (Phi) is 4.41. The van der Waals surface area contributed by atoms with E-state index in [9.17, 15) is 9.59 Å². The minimum absolute atomic E-state index is 0.0119. The smallest absolute Gasteiger partial charge is 0.316 e.